The summed E-state index contributed by atoms with van der Waals surface area (Å²) in [7, 11) is 1.50. The second-order valence-electron chi connectivity index (χ2n) is 6.00. The molecule has 1 aromatic rings. The molecule has 0 saturated carbocycles. The highest BCUT2D eigenvalue weighted by Crippen LogP contribution is 2.35. The van der Waals surface area contributed by atoms with Crippen LogP contribution in [0.4, 0.5) is 18.9 Å². The number of halogens is 4. The van der Waals surface area contributed by atoms with E-state index < -0.39 is 11.7 Å². The molecule has 0 aromatic heterocycles. The summed E-state index contributed by atoms with van der Waals surface area (Å²) < 4.78 is 49.0. The van der Waals surface area contributed by atoms with E-state index in [1.807, 2.05) is 0 Å². The van der Waals surface area contributed by atoms with Crippen LogP contribution in [0.5, 0.6) is 5.75 Å². The van der Waals surface area contributed by atoms with Gasteiger partial charge in [0, 0.05) is 13.5 Å². The summed E-state index contributed by atoms with van der Waals surface area (Å²) in [6, 6.07) is 3.05. The van der Waals surface area contributed by atoms with Gasteiger partial charge in [0.05, 0.1) is 17.9 Å². The van der Waals surface area contributed by atoms with E-state index >= 15 is 0 Å². The van der Waals surface area contributed by atoms with E-state index in [0.29, 0.717) is 18.9 Å². The van der Waals surface area contributed by atoms with Gasteiger partial charge in [-0.1, -0.05) is 0 Å². The van der Waals surface area contributed by atoms with Crippen molar-refractivity contribution in [2.45, 2.75) is 25.4 Å². The van der Waals surface area contributed by atoms with Crippen molar-refractivity contribution < 1.29 is 27.4 Å². The number of benzene rings is 1. The van der Waals surface area contributed by atoms with Crippen LogP contribution in [0.15, 0.2) is 18.2 Å². The van der Waals surface area contributed by atoms with Crippen molar-refractivity contribution in [2.75, 3.05) is 38.7 Å². The van der Waals surface area contributed by atoms with E-state index in [1.165, 1.54) is 13.2 Å². The molecule has 1 aromatic carbocycles. The Morgan fingerprint density at radius 3 is 2.73 bits per heavy atom. The van der Waals surface area contributed by atoms with Gasteiger partial charge in [-0.05, 0) is 50.0 Å². The average molecular weight is 397 g/mol. The second-order valence-corrected chi connectivity index (χ2v) is 6.00. The number of ether oxygens (including phenoxy) is 2. The van der Waals surface area contributed by atoms with Crippen molar-refractivity contribution in [3.63, 3.8) is 0 Å². The number of carbonyl (C=O) groups excluding carboxylic acids is 1. The van der Waals surface area contributed by atoms with E-state index in [-0.39, 0.29) is 42.8 Å². The molecule has 1 heterocycles. The molecule has 1 atom stereocenters. The van der Waals surface area contributed by atoms with E-state index in [1.54, 1.807) is 0 Å². The first kappa shape index (κ1) is 22.5. The average Bonchev–Trinajstić information content (AvgIpc) is 3.07. The molecule has 0 bridgehead atoms. The number of methoxy groups -OCH3 is 1. The molecule has 9 heteroatoms. The van der Waals surface area contributed by atoms with Gasteiger partial charge in [-0.2, -0.15) is 13.2 Å². The topological polar surface area (TPSA) is 59.6 Å². The van der Waals surface area contributed by atoms with E-state index in [0.717, 1.165) is 31.6 Å². The summed E-state index contributed by atoms with van der Waals surface area (Å²) in [6.45, 7) is 2.29. The lowest BCUT2D eigenvalue weighted by molar-refractivity contribution is -0.137. The molecular weight excluding hydrogens is 373 g/mol. The SMILES string of the molecule is COCCOc1ccc(C(F)(F)F)cc1NC(=O)CCC1CCNC1.Cl. The zero-order valence-corrected chi connectivity index (χ0v) is 15.3. The van der Waals surface area contributed by atoms with Crippen molar-refractivity contribution >= 4 is 24.0 Å². The van der Waals surface area contributed by atoms with Crippen LogP contribution in [0.3, 0.4) is 0 Å². The molecule has 26 heavy (non-hydrogen) atoms. The Bertz CT molecular complexity index is 579. The summed E-state index contributed by atoms with van der Waals surface area (Å²) in [5.41, 5.74) is -0.803. The van der Waals surface area contributed by atoms with Gasteiger partial charge in [0.15, 0.2) is 0 Å². The number of hydrogen-bond acceptors (Lipinski definition) is 4. The first-order valence-corrected chi connectivity index (χ1v) is 8.23. The van der Waals surface area contributed by atoms with Crippen LogP contribution in [0.2, 0.25) is 0 Å². The Morgan fingerprint density at radius 2 is 2.12 bits per heavy atom. The van der Waals surface area contributed by atoms with Crippen LogP contribution in [-0.4, -0.2) is 39.3 Å². The Morgan fingerprint density at radius 1 is 1.35 bits per heavy atom. The molecule has 1 fully saturated rings. The van der Waals surface area contributed by atoms with Gasteiger partial charge in [-0.25, -0.2) is 0 Å². The summed E-state index contributed by atoms with van der Waals surface area (Å²) in [5.74, 6) is 0.313. The third-order valence-electron chi connectivity index (χ3n) is 4.07. The van der Waals surface area contributed by atoms with Gasteiger partial charge in [0.1, 0.15) is 12.4 Å². The summed E-state index contributed by atoms with van der Waals surface area (Å²) in [5, 5.41) is 5.77. The second kappa shape index (κ2) is 10.6. The highest BCUT2D eigenvalue weighted by Gasteiger charge is 2.31. The molecule has 1 aliphatic heterocycles. The Kier molecular flexibility index (Phi) is 9.18. The van der Waals surface area contributed by atoms with Gasteiger partial charge >= 0.3 is 6.18 Å². The van der Waals surface area contributed by atoms with Crippen molar-refractivity contribution in [2.24, 2.45) is 5.92 Å². The van der Waals surface area contributed by atoms with E-state index in [2.05, 4.69) is 10.6 Å². The molecule has 0 spiro atoms. The number of amides is 1. The largest absolute Gasteiger partial charge is 0.489 e. The third-order valence-corrected chi connectivity index (χ3v) is 4.07. The van der Waals surface area contributed by atoms with Gasteiger partial charge < -0.3 is 20.1 Å². The summed E-state index contributed by atoms with van der Waals surface area (Å²) in [6.07, 6.45) is -2.50. The Labute approximate surface area is 157 Å². The monoisotopic (exact) mass is 396 g/mol. The van der Waals surface area contributed by atoms with Crippen molar-refractivity contribution in [3.05, 3.63) is 23.8 Å². The van der Waals surface area contributed by atoms with Crippen LogP contribution in [-0.2, 0) is 15.7 Å². The number of rotatable bonds is 8. The number of nitrogens with one attached hydrogen (secondary N) is 2. The first-order valence-electron chi connectivity index (χ1n) is 8.23. The number of alkyl halides is 3. The highest BCUT2D eigenvalue weighted by molar-refractivity contribution is 5.92. The maximum absolute atomic E-state index is 12.9. The highest BCUT2D eigenvalue weighted by atomic mass is 35.5. The maximum Gasteiger partial charge on any atom is 0.416 e. The number of anilines is 1. The summed E-state index contributed by atoms with van der Waals surface area (Å²) in [4.78, 5) is 12.1. The fourth-order valence-electron chi connectivity index (χ4n) is 2.67. The molecule has 2 N–H and O–H groups in total. The van der Waals surface area contributed by atoms with Crippen molar-refractivity contribution in [3.8, 4) is 5.75 Å². The third kappa shape index (κ3) is 7.01. The van der Waals surface area contributed by atoms with E-state index in [9.17, 15) is 18.0 Å². The van der Waals surface area contributed by atoms with E-state index in [4.69, 9.17) is 9.47 Å². The van der Waals surface area contributed by atoms with Crippen LogP contribution < -0.4 is 15.4 Å². The molecule has 5 nitrogen and oxygen atoms in total. The zero-order valence-electron chi connectivity index (χ0n) is 14.5. The predicted molar refractivity (Wildman–Crippen MR) is 94.9 cm³/mol. The van der Waals surface area contributed by atoms with Gasteiger partial charge in [0.2, 0.25) is 5.91 Å². The lowest BCUT2D eigenvalue weighted by Gasteiger charge is -2.16. The van der Waals surface area contributed by atoms with Gasteiger partial charge in [-0.15, -0.1) is 12.4 Å². The smallest absolute Gasteiger partial charge is 0.416 e. The first-order chi connectivity index (χ1) is 11.9. The normalized spacial score (nSPS) is 16.8. The number of hydrogen-bond donors (Lipinski definition) is 2. The molecule has 1 aliphatic rings. The number of carbonyl (C=O) groups is 1. The van der Waals surface area contributed by atoms with Crippen molar-refractivity contribution in [1.82, 2.24) is 5.32 Å². The summed E-state index contributed by atoms with van der Waals surface area (Å²) >= 11 is 0. The minimum Gasteiger partial charge on any atom is -0.489 e. The predicted octanol–water partition coefficient (Wildman–Crippen LogP) is 3.48. The van der Waals surface area contributed by atoms with Crippen LogP contribution >= 0.6 is 12.4 Å². The molecule has 148 valence electrons. The lowest BCUT2D eigenvalue weighted by atomic mass is 10.0. The molecule has 2 rings (SSSR count). The zero-order chi connectivity index (χ0) is 18.3. The van der Waals surface area contributed by atoms with Gasteiger partial charge in [-0.3, -0.25) is 4.79 Å². The van der Waals surface area contributed by atoms with Crippen molar-refractivity contribution in [1.29, 1.82) is 0 Å². The fraction of sp³-hybridized carbons (Fsp3) is 0.588. The maximum atomic E-state index is 12.9. The fourth-order valence-corrected chi connectivity index (χ4v) is 2.67. The quantitative estimate of drug-likeness (QED) is 0.660. The minimum atomic E-state index is -4.49. The molecule has 1 saturated heterocycles. The molecule has 0 aliphatic carbocycles. The standard InChI is InChI=1S/C17H23F3N2O3.ClH/c1-24-8-9-25-15-4-3-13(17(18,19)20)10-14(15)22-16(23)5-2-12-6-7-21-11-12;/h3-4,10,12,21H,2,5-9,11H2,1H3,(H,22,23);1H. The Hall–Kier alpha value is -1.51. The lowest BCUT2D eigenvalue weighted by Crippen LogP contribution is -2.17. The van der Waals surface area contributed by atoms with Gasteiger partial charge in [0.25, 0.3) is 0 Å². The van der Waals surface area contributed by atoms with Crippen LogP contribution in [0, 0.1) is 5.92 Å². The molecule has 0 radical (unpaired) electrons. The minimum absolute atomic E-state index is 0. The molecular formula is C17H24ClF3N2O3. The molecule has 1 unspecified atom stereocenters. The molecule has 1 amide bonds. The van der Waals surface area contributed by atoms with Crippen LogP contribution in [0.25, 0.3) is 0 Å². The Balaban J connectivity index is 0.00000338. The van der Waals surface area contributed by atoms with Crippen LogP contribution in [0.1, 0.15) is 24.8 Å².